The van der Waals surface area contributed by atoms with Crippen molar-refractivity contribution < 1.29 is 19.5 Å². The minimum absolute atomic E-state index is 0.000708. The number of hydrogen-bond donors (Lipinski definition) is 1. The molecule has 1 aromatic carbocycles. The number of likely N-dealkylation sites (N-methyl/N-ethyl adjacent to an activating group) is 1. The molecule has 24 heavy (non-hydrogen) atoms. The minimum atomic E-state index is -0.803. The summed E-state index contributed by atoms with van der Waals surface area (Å²) in [5.74, 6) is -1.50. The summed E-state index contributed by atoms with van der Waals surface area (Å²) >= 11 is 1.49. The highest BCUT2D eigenvalue weighted by Gasteiger charge is 2.28. The molecule has 2 rings (SSSR count). The van der Waals surface area contributed by atoms with Gasteiger partial charge in [-0.1, -0.05) is 12.1 Å². The lowest BCUT2D eigenvalue weighted by atomic mass is 9.97. The molecule has 0 aromatic heterocycles. The van der Waals surface area contributed by atoms with E-state index in [9.17, 15) is 14.4 Å². The molecule has 2 amide bonds. The molecular formula is C17H22N2O4S. The van der Waals surface area contributed by atoms with Gasteiger partial charge in [-0.05, 0) is 31.2 Å². The van der Waals surface area contributed by atoms with E-state index in [1.807, 2.05) is 18.4 Å². The number of hydrogen-bond acceptors (Lipinski definition) is 4. The highest BCUT2D eigenvalue weighted by atomic mass is 32.2. The Kier molecular flexibility index (Phi) is 6.25. The van der Waals surface area contributed by atoms with Crippen molar-refractivity contribution in [3.8, 4) is 0 Å². The topological polar surface area (TPSA) is 77.9 Å². The van der Waals surface area contributed by atoms with E-state index < -0.39 is 5.97 Å². The highest BCUT2D eigenvalue weighted by molar-refractivity contribution is 7.98. The van der Waals surface area contributed by atoms with Crippen LogP contribution in [-0.4, -0.2) is 65.6 Å². The summed E-state index contributed by atoms with van der Waals surface area (Å²) in [6.07, 6.45) is 2.84. The van der Waals surface area contributed by atoms with Crippen molar-refractivity contribution in [1.29, 1.82) is 0 Å². The Morgan fingerprint density at radius 1 is 1.25 bits per heavy atom. The van der Waals surface area contributed by atoms with E-state index in [1.54, 1.807) is 24.1 Å². The minimum Gasteiger partial charge on any atom is -0.481 e. The van der Waals surface area contributed by atoms with E-state index in [-0.39, 0.29) is 24.3 Å². The van der Waals surface area contributed by atoms with Crippen LogP contribution in [0.25, 0.3) is 0 Å². The number of likely N-dealkylation sites (tertiary alicyclic amines) is 1. The fourth-order valence-electron chi connectivity index (χ4n) is 2.78. The van der Waals surface area contributed by atoms with Crippen molar-refractivity contribution in [3.63, 3.8) is 0 Å². The number of carbonyl (C=O) groups excluding carboxylic acids is 2. The fourth-order valence-corrected chi connectivity index (χ4v) is 3.37. The van der Waals surface area contributed by atoms with Crippen molar-refractivity contribution in [2.75, 3.05) is 32.9 Å². The normalized spacial score (nSPS) is 15.2. The molecule has 0 unspecified atom stereocenters. The number of nitrogens with zero attached hydrogens (tertiary/aromatic N) is 2. The molecule has 1 fully saturated rings. The molecule has 0 radical (unpaired) electrons. The third-order valence-electron chi connectivity index (χ3n) is 4.25. The van der Waals surface area contributed by atoms with E-state index in [0.29, 0.717) is 31.5 Å². The van der Waals surface area contributed by atoms with Gasteiger partial charge in [0.25, 0.3) is 5.91 Å². The number of benzene rings is 1. The SMILES string of the molecule is CSc1ccccc1C(=O)N(C)CC(=O)N1CCC(C(=O)O)CC1. The number of rotatable bonds is 5. The number of carboxylic acid groups (broad SMARTS) is 1. The smallest absolute Gasteiger partial charge is 0.306 e. The zero-order valence-electron chi connectivity index (χ0n) is 13.9. The quantitative estimate of drug-likeness (QED) is 0.820. The molecule has 1 aliphatic heterocycles. The predicted octanol–water partition coefficient (Wildman–Crippen LogP) is 1.80. The van der Waals surface area contributed by atoms with E-state index in [2.05, 4.69) is 0 Å². The predicted molar refractivity (Wildman–Crippen MR) is 92.1 cm³/mol. The standard InChI is InChI=1S/C17H22N2O4S/c1-18(16(21)13-5-3-4-6-14(13)24-2)11-15(20)19-9-7-12(8-10-19)17(22)23/h3-6,12H,7-11H2,1-2H3,(H,22,23). The number of piperidine rings is 1. The largest absolute Gasteiger partial charge is 0.481 e. The lowest BCUT2D eigenvalue weighted by Crippen LogP contribution is -2.45. The van der Waals surface area contributed by atoms with Gasteiger partial charge < -0.3 is 14.9 Å². The van der Waals surface area contributed by atoms with Crippen molar-refractivity contribution in [3.05, 3.63) is 29.8 Å². The second-order valence-corrected chi connectivity index (χ2v) is 6.70. The summed E-state index contributed by atoms with van der Waals surface area (Å²) in [6, 6.07) is 7.32. The number of amides is 2. The van der Waals surface area contributed by atoms with Crippen molar-refractivity contribution in [1.82, 2.24) is 9.80 Å². The molecule has 130 valence electrons. The van der Waals surface area contributed by atoms with Gasteiger partial charge in [0.05, 0.1) is 18.0 Å². The van der Waals surface area contributed by atoms with Gasteiger partial charge in [0.15, 0.2) is 0 Å². The Morgan fingerprint density at radius 2 is 1.88 bits per heavy atom. The number of aliphatic carboxylic acids is 1. The first kappa shape index (κ1) is 18.3. The van der Waals surface area contributed by atoms with Gasteiger partial charge in [-0.15, -0.1) is 11.8 Å². The van der Waals surface area contributed by atoms with E-state index in [1.165, 1.54) is 16.7 Å². The van der Waals surface area contributed by atoms with Gasteiger partial charge in [0.2, 0.25) is 5.91 Å². The molecule has 7 heteroatoms. The third kappa shape index (κ3) is 4.29. The van der Waals surface area contributed by atoms with Crippen LogP contribution >= 0.6 is 11.8 Å². The molecule has 0 spiro atoms. The van der Waals surface area contributed by atoms with Crippen molar-refractivity contribution in [2.24, 2.45) is 5.92 Å². The van der Waals surface area contributed by atoms with E-state index >= 15 is 0 Å². The Morgan fingerprint density at radius 3 is 2.46 bits per heavy atom. The summed E-state index contributed by atoms with van der Waals surface area (Å²) in [5, 5.41) is 9.00. The molecule has 1 N–H and O–H groups in total. The third-order valence-corrected chi connectivity index (χ3v) is 5.05. The number of thioether (sulfide) groups is 1. The van der Waals surface area contributed by atoms with Crippen molar-refractivity contribution in [2.45, 2.75) is 17.7 Å². The average molecular weight is 350 g/mol. The second kappa shape index (κ2) is 8.19. The fraction of sp³-hybridized carbons (Fsp3) is 0.471. The summed E-state index contributed by atoms with van der Waals surface area (Å²) in [6.45, 7) is 0.859. The molecule has 1 aromatic rings. The van der Waals surface area contributed by atoms with Crippen LogP contribution in [0.1, 0.15) is 23.2 Å². The second-order valence-electron chi connectivity index (χ2n) is 5.85. The Hall–Kier alpha value is -2.02. The Bertz CT molecular complexity index is 627. The van der Waals surface area contributed by atoms with Gasteiger partial charge >= 0.3 is 5.97 Å². The van der Waals surface area contributed by atoms with Crippen LogP contribution in [0.2, 0.25) is 0 Å². The van der Waals surface area contributed by atoms with Crippen molar-refractivity contribution >= 4 is 29.5 Å². The van der Waals surface area contributed by atoms with E-state index in [0.717, 1.165) is 4.90 Å². The lowest BCUT2D eigenvalue weighted by molar-refractivity contribution is -0.145. The van der Waals surface area contributed by atoms with Crippen LogP contribution in [0.15, 0.2) is 29.2 Å². The molecule has 1 saturated heterocycles. The molecule has 1 heterocycles. The summed E-state index contributed by atoms with van der Waals surface area (Å²) in [4.78, 5) is 39.8. The maximum absolute atomic E-state index is 12.5. The van der Waals surface area contributed by atoms with Gasteiger partial charge in [-0.3, -0.25) is 14.4 Å². The Balaban J connectivity index is 1.94. The first-order chi connectivity index (χ1) is 11.4. The van der Waals surface area contributed by atoms with E-state index in [4.69, 9.17) is 5.11 Å². The van der Waals surface area contributed by atoms with Crippen LogP contribution in [0.5, 0.6) is 0 Å². The maximum Gasteiger partial charge on any atom is 0.306 e. The van der Waals surface area contributed by atoms with Crippen LogP contribution < -0.4 is 0 Å². The van der Waals surface area contributed by atoms with Crippen LogP contribution in [0, 0.1) is 5.92 Å². The molecule has 6 nitrogen and oxygen atoms in total. The molecular weight excluding hydrogens is 328 g/mol. The van der Waals surface area contributed by atoms with Crippen LogP contribution in [-0.2, 0) is 9.59 Å². The van der Waals surface area contributed by atoms with Gasteiger partial charge in [0, 0.05) is 25.0 Å². The van der Waals surface area contributed by atoms with Gasteiger partial charge in [0.1, 0.15) is 0 Å². The molecule has 0 aliphatic carbocycles. The number of carboxylic acids is 1. The summed E-state index contributed by atoms with van der Waals surface area (Å²) in [7, 11) is 1.61. The zero-order valence-corrected chi connectivity index (χ0v) is 14.7. The summed E-state index contributed by atoms with van der Waals surface area (Å²) < 4.78 is 0. The van der Waals surface area contributed by atoms with Gasteiger partial charge in [-0.2, -0.15) is 0 Å². The molecule has 1 aliphatic rings. The number of carbonyl (C=O) groups is 3. The zero-order chi connectivity index (χ0) is 17.7. The first-order valence-corrected chi connectivity index (χ1v) is 9.05. The monoisotopic (exact) mass is 350 g/mol. The first-order valence-electron chi connectivity index (χ1n) is 7.83. The molecule has 0 bridgehead atoms. The lowest BCUT2D eigenvalue weighted by Gasteiger charge is -2.31. The molecule has 0 saturated carbocycles. The van der Waals surface area contributed by atoms with Crippen LogP contribution in [0.4, 0.5) is 0 Å². The van der Waals surface area contributed by atoms with Crippen LogP contribution in [0.3, 0.4) is 0 Å². The molecule has 0 atom stereocenters. The average Bonchev–Trinajstić information content (AvgIpc) is 2.60. The summed E-state index contributed by atoms with van der Waals surface area (Å²) in [5.41, 5.74) is 0.588. The van der Waals surface area contributed by atoms with Gasteiger partial charge in [-0.25, -0.2) is 0 Å². The maximum atomic E-state index is 12.5. The highest BCUT2D eigenvalue weighted by Crippen LogP contribution is 2.21. The Labute approximate surface area is 145 Å².